The molecule has 0 radical (unpaired) electrons. The number of aromatic nitrogens is 1. The molecule has 0 spiro atoms. The number of carbonyl (C=O) groups excluding carboxylic acids is 4. The molecule has 0 saturated carbocycles. The lowest BCUT2D eigenvalue weighted by molar-refractivity contribution is -0.122. The number of ether oxygens (including phenoxy) is 1. The first kappa shape index (κ1) is 28.5. The SMILES string of the molecule is Cc1ccc(C(=O)COC(=O)c2cc(-c3ccc(N4C(=O)C5CC=CC(C)C5C4=O)cc3)nc3c(C)c(Cl)ccc23)cc1. The number of esters is 1. The van der Waals surface area contributed by atoms with E-state index in [9.17, 15) is 19.2 Å². The summed E-state index contributed by atoms with van der Waals surface area (Å²) in [5, 5.41) is 1.05. The van der Waals surface area contributed by atoms with E-state index in [0.29, 0.717) is 50.4 Å². The van der Waals surface area contributed by atoms with Crippen LogP contribution in [0.3, 0.4) is 0 Å². The summed E-state index contributed by atoms with van der Waals surface area (Å²) in [5.41, 5.74) is 4.59. The van der Waals surface area contributed by atoms with E-state index in [4.69, 9.17) is 21.3 Å². The molecule has 2 heterocycles. The van der Waals surface area contributed by atoms with E-state index >= 15 is 0 Å². The minimum Gasteiger partial charge on any atom is -0.454 e. The van der Waals surface area contributed by atoms with Gasteiger partial charge in [-0.3, -0.25) is 19.3 Å². The van der Waals surface area contributed by atoms with Crippen molar-refractivity contribution >= 4 is 51.8 Å². The Bertz CT molecular complexity index is 1830. The fourth-order valence-electron chi connectivity index (χ4n) is 5.94. The number of fused-ring (bicyclic) bond motifs is 2. The van der Waals surface area contributed by atoms with Crippen LogP contribution in [0.1, 0.15) is 45.2 Å². The van der Waals surface area contributed by atoms with E-state index in [2.05, 4.69) is 0 Å². The van der Waals surface area contributed by atoms with Crippen molar-refractivity contribution in [3.8, 4) is 11.3 Å². The van der Waals surface area contributed by atoms with Gasteiger partial charge in [0.15, 0.2) is 12.4 Å². The van der Waals surface area contributed by atoms with Crippen molar-refractivity contribution in [2.75, 3.05) is 11.5 Å². The van der Waals surface area contributed by atoms with Crippen LogP contribution < -0.4 is 4.90 Å². The summed E-state index contributed by atoms with van der Waals surface area (Å²) in [6.45, 7) is 5.31. The van der Waals surface area contributed by atoms with Crippen molar-refractivity contribution in [3.63, 3.8) is 0 Å². The summed E-state index contributed by atoms with van der Waals surface area (Å²) < 4.78 is 5.47. The van der Waals surface area contributed by atoms with Crippen molar-refractivity contribution in [3.05, 3.63) is 106 Å². The molecule has 1 saturated heterocycles. The molecule has 8 heteroatoms. The average Bonchev–Trinajstić information content (AvgIpc) is 3.27. The number of halogens is 1. The Hall–Kier alpha value is -4.62. The highest BCUT2D eigenvalue weighted by molar-refractivity contribution is 6.32. The standard InChI is InChI=1S/C35H29ClN2O5/c1-19-7-9-23(10-8-19)30(39)18-43-35(42)27-17-29(37-32-21(3)28(36)16-15-25(27)32)22-11-13-24(14-12-22)38-33(40)26-6-4-5-20(2)31(26)34(38)41/h4-5,7-17,20,26,31H,6,18H2,1-3H3. The molecule has 216 valence electrons. The predicted molar refractivity (Wildman–Crippen MR) is 165 cm³/mol. The van der Waals surface area contributed by atoms with E-state index in [0.717, 1.165) is 5.56 Å². The van der Waals surface area contributed by atoms with Gasteiger partial charge in [0.25, 0.3) is 0 Å². The van der Waals surface area contributed by atoms with Crippen molar-refractivity contribution in [1.29, 1.82) is 0 Å². The Labute approximate surface area is 254 Å². The van der Waals surface area contributed by atoms with Gasteiger partial charge < -0.3 is 4.74 Å². The fraction of sp³-hybridized carbons (Fsp3) is 0.229. The maximum atomic E-state index is 13.4. The topological polar surface area (TPSA) is 93.6 Å². The number of allylic oxidation sites excluding steroid dienone is 2. The molecular formula is C35H29ClN2O5. The summed E-state index contributed by atoms with van der Waals surface area (Å²) in [6, 6.07) is 19.1. The Morgan fingerprint density at radius 2 is 1.70 bits per heavy atom. The fourth-order valence-corrected chi connectivity index (χ4v) is 6.09. The molecule has 4 aromatic rings. The molecule has 3 aromatic carbocycles. The molecule has 0 bridgehead atoms. The largest absolute Gasteiger partial charge is 0.454 e. The minimum absolute atomic E-state index is 0.00157. The van der Waals surface area contributed by atoms with E-state index in [1.165, 1.54) is 4.90 Å². The highest BCUT2D eigenvalue weighted by atomic mass is 35.5. The number of benzene rings is 3. The zero-order chi connectivity index (χ0) is 30.4. The number of anilines is 1. The lowest BCUT2D eigenvalue weighted by Gasteiger charge is -2.22. The van der Waals surface area contributed by atoms with Gasteiger partial charge in [-0.25, -0.2) is 9.78 Å². The number of carbonyl (C=O) groups is 4. The summed E-state index contributed by atoms with van der Waals surface area (Å²) >= 11 is 6.41. The summed E-state index contributed by atoms with van der Waals surface area (Å²) in [5.74, 6) is -2.02. The third-order valence-corrected chi connectivity index (χ3v) is 8.80. The normalized spacial score (nSPS) is 19.5. The van der Waals surface area contributed by atoms with Crippen LogP contribution in [-0.4, -0.2) is 35.2 Å². The summed E-state index contributed by atoms with van der Waals surface area (Å²) in [7, 11) is 0. The van der Waals surface area contributed by atoms with Crippen LogP contribution >= 0.6 is 11.6 Å². The quantitative estimate of drug-likeness (QED) is 0.104. The van der Waals surface area contributed by atoms with Crippen LogP contribution in [0, 0.1) is 31.6 Å². The first-order valence-corrected chi connectivity index (χ1v) is 14.5. The Morgan fingerprint density at radius 3 is 2.40 bits per heavy atom. The average molecular weight is 593 g/mol. The molecule has 1 aliphatic carbocycles. The number of ketones is 1. The number of Topliss-reactive ketones (excluding diaryl/α,β-unsaturated/α-hetero) is 1. The van der Waals surface area contributed by atoms with E-state index in [1.807, 2.05) is 45.1 Å². The number of imide groups is 1. The lowest BCUT2D eigenvalue weighted by Crippen LogP contribution is -2.31. The van der Waals surface area contributed by atoms with Gasteiger partial charge in [0.05, 0.1) is 34.3 Å². The number of pyridine rings is 1. The zero-order valence-electron chi connectivity index (χ0n) is 24.0. The Kier molecular flexibility index (Phi) is 7.44. The van der Waals surface area contributed by atoms with E-state index < -0.39 is 12.6 Å². The zero-order valence-corrected chi connectivity index (χ0v) is 24.7. The van der Waals surface area contributed by atoms with Crippen LogP contribution in [0.25, 0.3) is 22.2 Å². The molecular weight excluding hydrogens is 564 g/mol. The van der Waals surface area contributed by atoms with E-state index in [-0.39, 0.29) is 40.9 Å². The summed E-state index contributed by atoms with van der Waals surface area (Å²) in [6.07, 6.45) is 4.54. The molecule has 1 aliphatic heterocycles. The van der Waals surface area contributed by atoms with Gasteiger partial charge in [-0.2, -0.15) is 0 Å². The van der Waals surface area contributed by atoms with Crippen LogP contribution in [-0.2, 0) is 14.3 Å². The molecule has 6 rings (SSSR count). The number of amides is 2. The molecule has 2 amide bonds. The highest BCUT2D eigenvalue weighted by Gasteiger charge is 2.50. The highest BCUT2D eigenvalue weighted by Crippen LogP contribution is 2.41. The van der Waals surface area contributed by atoms with Gasteiger partial charge in [-0.15, -0.1) is 0 Å². The van der Waals surface area contributed by atoms with Crippen molar-refractivity contribution in [2.24, 2.45) is 17.8 Å². The van der Waals surface area contributed by atoms with Gasteiger partial charge in [-0.1, -0.05) is 78.7 Å². The Morgan fingerprint density at radius 1 is 0.977 bits per heavy atom. The van der Waals surface area contributed by atoms with Crippen LogP contribution in [0.15, 0.2) is 78.9 Å². The second kappa shape index (κ2) is 11.2. The number of hydrogen-bond acceptors (Lipinski definition) is 6. The first-order chi connectivity index (χ1) is 20.6. The molecule has 0 N–H and O–H groups in total. The number of hydrogen-bond donors (Lipinski definition) is 0. The third kappa shape index (κ3) is 5.14. The number of aryl methyl sites for hydroxylation is 2. The second-order valence-electron chi connectivity index (χ2n) is 11.2. The molecule has 43 heavy (non-hydrogen) atoms. The second-order valence-corrected chi connectivity index (χ2v) is 11.6. The van der Waals surface area contributed by atoms with Crippen LogP contribution in [0.2, 0.25) is 5.02 Å². The smallest absolute Gasteiger partial charge is 0.339 e. The molecule has 3 unspecified atom stereocenters. The van der Waals surface area contributed by atoms with Crippen LogP contribution in [0.5, 0.6) is 0 Å². The molecule has 7 nitrogen and oxygen atoms in total. The monoisotopic (exact) mass is 592 g/mol. The van der Waals surface area contributed by atoms with Gasteiger partial charge in [0, 0.05) is 21.5 Å². The first-order valence-electron chi connectivity index (χ1n) is 14.2. The van der Waals surface area contributed by atoms with Crippen LogP contribution in [0.4, 0.5) is 5.69 Å². The predicted octanol–water partition coefficient (Wildman–Crippen LogP) is 6.91. The third-order valence-electron chi connectivity index (χ3n) is 8.39. The van der Waals surface area contributed by atoms with Crippen molar-refractivity contribution < 1.29 is 23.9 Å². The van der Waals surface area contributed by atoms with Crippen molar-refractivity contribution in [2.45, 2.75) is 27.2 Å². The Balaban J connectivity index is 1.31. The molecule has 3 atom stereocenters. The number of nitrogens with zero attached hydrogens (tertiary/aromatic N) is 2. The van der Waals surface area contributed by atoms with Gasteiger partial charge in [0.1, 0.15) is 0 Å². The summed E-state index contributed by atoms with van der Waals surface area (Å²) in [4.78, 5) is 58.5. The maximum absolute atomic E-state index is 13.4. The maximum Gasteiger partial charge on any atom is 0.339 e. The minimum atomic E-state index is -0.661. The van der Waals surface area contributed by atoms with E-state index in [1.54, 1.807) is 54.6 Å². The van der Waals surface area contributed by atoms with Crippen molar-refractivity contribution in [1.82, 2.24) is 4.98 Å². The van der Waals surface area contributed by atoms with Gasteiger partial charge in [0.2, 0.25) is 11.8 Å². The lowest BCUT2D eigenvalue weighted by atomic mass is 9.78. The molecule has 1 fully saturated rings. The molecule has 2 aliphatic rings. The van der Waals surface area contributed by atoms with Gasteiger partial charge >= 0.3 is 5.97 Å². The van der Waals surface area contributed by atoms with Gasteiger partial charge in [-0.05, 0) is 56.0 Å². The molecule has 1 aromatic heterocycles. The number of rotatable bonds is 6.